The van der Waals surface area contributed by atoms with Gasteiger partial charge in [0, 0.05) is 34.8 Å². The topological polar surface area (TPSA) is 81.1 Å². The number of nitrogen functional groups attached to an aromatic ring is 1. The number of nitrogens with one attached hydrogen (secondary N) is 1. The Kier molecular flexibility index (Phi) is 5.00. The molecule has 5 aromatic rings. The number of anilines is 1. The molecule has 0 saturated carbocycles. The molecule has 1 atom stereocenters. The highest BCUT2D eigenvalue weighted by Crippen LogP contribution is 2.35. The molecule has 4 heterocycles. The van der Waals surface area contributed by atoms with Crippen molar-refractivity contribution in [2.24, 2.45) is 0 Å². The highest BCUT2D eigenvalue weighted by molar-refractivity contribution is 5.91. The number of benzene rings is 2. The zero-order valence-corrected chi connectivity index (χ0v) is 18.4. The van der Waals surface area contributed by atoms with Gasteiger partial charge in [0.15, 0.2) is 0 Å². The highest BCUT2D eigenvalue weighted by atomic mass is 15.1. The summed E-state index contributed by atoms with van der Waals surface area (Å²) in [7, 11) is 0. The fourth-order valence-corrected chi connectivity index (χ4v) is 4.89. The second-order valence-corrected chi connectivity index (χ2v) is 8.70. The fourth-order valence-electron chi connectivity index (χ4n) is 4.89. The lowest BCUT2D eigenvalue weighted by molar-refractivity contribution is 0.573. The van der Waals surface area contributed by atoms with E-state index < -0.39 is 0 Å². The molecule has 0 aliphatic carbocycles. The summed E-state index contributed by atoms with van der Waals surface area (Å²) in [6.07, 6.45) is 7.09. The Labute approximate surface area is 192 Å². The SMILES string of the molecule is Nc1nccn2c(C3CCCNCC3)nc(-c3ccc4ccc(-c5ccccc5)nc4c3)c12. The minimum atomic E-state index is 0.395. The third kappa shape index (κ3) is 3.62. The van der Waals surface area contributed by atoms with Crippen molar-refractivity contribution in [1.29, 1.82) is 0 Å². The van der Waals surface area contributed by atoms with Crippen molar-refractivity contribution in [2.75, 3.05) is 18.8 Å². The lowest BCUT2D eigenvalue weighted by Gasteiger charge is -2.12. The van der Waals surface area contributed by atoms with Crippen molar-refractivity contribution < 1.29 is 0 Å². The van der Waals surface area contributed by atoms with E-state index in [4.69, 9.17) is 15.7 Å². The molecule has 0 spiro atoms. The maximum atomic E-state index is 6.38. The minimum absolute atomic E-state index is 0.395. The van der Waals surface area contributed by atoms with Crippen LogP contribution in [0.1, 0.15) is 31.0 Å². The van der Waals surface area contributed by atoms with Crippen LogP contribution in [0.15, 0.2) is 73.1 Å². The monoisotopic (exact) mass is 434 g/mol. The summed E-state index contributed by atoms with van der Waals surface area (Å²) < 4.78 is 2.14. The van der Waals surface area contributed by atoms with Crippen molar-refractivity contribution in [3.05, 3.63) is 78.9 Å². The summed E-state index contributed by atoms with van der Waals surface area (Å²) in [6, 6.07) is 20.8. The summed E-state index contributed by atoms with van der Waals surface area (Å²) in [5.74, 6) is 1.97. The van der Waals surface area contributed by atoms with Gasteiger partial charge in [-0.25, -0.2) is 15.0 Å². The number of imidazole rings is 1. The van der Waals surface area contributed by atoms with Crippen LogP contribution in [0, 0.1) is 0 Å². The average molecular weight is 435 g/mol. The van der Waals surface area contributed by atoms with Crippen LogP contribution in [0.25, 0.3) is 38.9 Å². The molecule has 6 heteroatoms. The van der Waals surface area contributed by atoms with Gasteiger partial charge in [0.2, 0.25) is 0 Å². The van der Waals surface area contributed by atoms with E-state index in [0.29, 0.717) is 11.7 Å². The molecule has 0 amide bonds. The second kappa shape index (κ2) is 8.30. The standard InChI is InChI=1S/C27H26N6/c28-26-25-24(32-27(33(25)16-15-30-26)20-7-4-13-29-14-12-20)21-9-8-19-10-11-22(31-23(19)17-21)18-5-2-1-3-6-18/h1-3,5-6,8-11,15-17,20,29H,4,7,12-14H2,(H2,28,30). The Morgan fingerprint density at radius 1 is 0.909 bits per heavy atom. The number of aromatic nitrogens is 4. The van der Waals surface area contributed by atoms with Crippen LogP contribution in [0.5, 0.6) is 0 Å². The normalized spacial score (nSPS) is 16.8. The van der Waals surface area contributed by atoms with Gasteiger partial charge < -0.3 is 11.1 Å². The number of fused-ring (bicyclic) bond motifs is 2. The molecule has 6 rings (SSSR count). The minimum Gasteiger partial charge on any atom is -0.382 e. The molecule has 1 aliphatic heterocycles. The Balaban J connectivity index is 1.50. The van der Waals surface area contributed by atoms with E-state index >= 15 is 0 Å². The summed E-state index contributed by atoms with van der Waals surface area (Å²) >= 11 is 0. The van der Waals surface area contributed by atoms with Gasteiger partial charge in [0.1, 0.15) is 22.9 Å². The number of nitrogens with zero attached hydrogens (tertiary/aromatic N) is 4. The first-order chi connectivity index (χ1) is 16.3. The van der Waals surface area contributed by atoms with Crippen LogP contribution >= 0.6 is 0 Å². The molecule has 3 N–H and O–H groups in total. The first kappa shape index (κ1) is 19.9. The number of rotatable bonds is 3. The quantitative estimate of drug-likeness (QED) is 0.415. The molecular formula is C27H26N6. The van der Waals surface area contributed by atoms with E-state index in [0.717, 1.165) is 77.1 Å². The van der Waals surface area contributed by atoms with Gasteiger partial charge in [-0.1, -0.05) is 48.5 Å². The Bertz CT molecular complexity index is 1430. The molecule has 1 aliphatic rings. The van der Waals surface area contributed by atoms with E-state index in [1.807, 2.05) is 24.4 Å². The molecule has 0 radical (unpaired) electrons. The molecule has 3 aromatic heterocycles. The van der Waals surface area contributed by atoms with Crippen molar-refractivity contribution in [2.45, 2.75) is 25.2 Å². The third-order valence-electron chi connectivity index (χ3n) is 6.59. The molecule has 1 fully saturated rings. The number of hydrogen-bond donors (Lipinski definition) is 2. The lowest BCUT2D eigenvalue weighted by atomic mass is 10.00. The maximum absolute atomic E-state index is 6.38. The Morgan fingerprint density at radius 3 is 2.70 bits per heavy atom. The largest absolute Gasteiger partial charge is 0.382 e. The highest BCUT2D eigenvalue weighted by Gasteiger charge is 2.23. The van der Waals surface area contributed by atoms with Crippen LogP contribution in [-0.4, -0.2) is 32.4 Å². The predicted octanol–water partition coefficient (Wildman–Crippen LogP) is 5.05. The van der Waals surface area contributed by atoms with Gasteiger partial charge in [0.05, 0.1) is 11.2 Å². The molecule has 0 bridgehead atoms. The third-order valence-corrected chi connectivity index (χ3v) is 6.59. The fraction of sp³-hybridized carbons (Fsp3) is 0.222. The first-order valence-corrected chi connectivity index (χ1v) is 11.6. The zero-order valence-electron chi connectivity index (χ0n) is 18.4. The molecule has 33 heavy (non-hydrogen) atoms. The number of nitrogens with two attached hydrogens (primary N) is 1. The molecular weight excluding hydrogens is 408 g/mol. The van der Waals surface area contributed by atoms with Crippen molar-refractivity contribution in [3.8, 4) is 22.5 Å². The van der Waals surface area contributed by atoms with E-state index in [1.165, 1.54) is 0 Å². The van der Waals surface area contributed by atoms with Gasteiger partial charge in [-0.2, -0.15) is 0 Å². The number of hydrogen-bond acceptors (Lipinski definition) is 5. The summed E-state index contributed by atoms with van der Waals surface area (Å²) in [6.45, 7) is 2.08. The zero-order chi connectivity index (χ0) is 22.2. The lowest BCUT2D eigenvalue weighted by Crippen LogP contribution is -2.14. The second-order valence-electron chi connectivity index (χ2n) is 8.70. The number of pyridine rings is 1. The summed E-state index contributed by atoms with van der Waals surface area (Å²) in [5, 5.41) is 4.60. The van der Waals surface area contributed by atoms with Crippen LogP contribution in [-0.2, 0) is 0 Å². The molecule has 164 valence electrons. The van der Waals surface area contributed by atoms with Gasteiger partial charge >= 0.3 is 0 Å². The summed E-state index contributed by atoms with van der Waals surface area (Å²) in [4.78, 5) is 14.5. The van der Waals surface area contributed by atoms with Crippen LogP contribution in [0.2, 0.25) is 0 Å². The van der Waals surface area contributed by atoms with E-state index in [-0.39, 0.29) is 0 Å². The van der Waals surface area contributed by atoms with E-state index in [1.54, 1.807) is 6.20 Å². The van der Waals surface area contributed by atoms with E-state index in [2.05, 4.69) is 57.2 Å². The van der Waals surface area contributed by atoms with Gasteiger partial charge in [-0.05, 0) is 44.5 Å². The van der Waals surface area contributed by atoms with Gasteiger partial charge in [-0.3, -0.25) is 4.40 Å². The maximum Gasteiger partial charge on any atom is 0.150 e. The van der Waals surface area contributed by atoms with Crippen molar-refractivity contribution >= 4 is 22.2 Å². The average Bonchev–Trinajstić information content (AvgIpc) is 3.05. The first-order valence-electron chi connectivity index (χ1n) is 11.6. The Morgan fingerprint density at radius 2 is 1.79 bits per heavy atom. The predicted molar refractivity (Wildman–Crippen MR) is 133 cm³/mol. The summed E-state index contributed by atoms with van der Waals surface area (Å²) in [5.41, 5.74) is 12.2. The van der Waals surface area contributed by atoms with Crippen molar-refractivity contribution in [1.82, 2.24) is 24.7 Å². The van der Waals surface area contributed by atoms with Gasteiger partial charge in [-0.15, -0.1) is 0 Å². The molecule has 2 aromatic carbocycles. The van der Waals surface area contributed by atoms with Crippen LogP contribution in [0.4, 0.5) is 5.82 Å². The van der Waals surface area contributed by atoms with Crippen molar-refractivity contribution in [3.63, 3.8) is 0 Å². The van der Waals surface area contributed by atoms with Crippen LogP contribution < -0.4 is 11.1 Å². The van der Waals surface area contributed by atoms with Gasteiger partial charge in [0.25, 0.3) is 0 Å². The van der Waals surface area contributed by atoms with E-state index in [9.17, 15) is 0 Å². The molecule has 1 unspecified atom stereocenters. The Hall–Kier alpha value is -3.77. The van der Waals surface area contributed by atoms with Crippen LogP contribution in [0.3, 0.4) is 0 Å². The molecule has 6 nitrogen and oxygen atoms in total. The molecule has 1 saturated heterocycles. The smallest absolute Gasteiger partial charge is 0.150 e.